The summed E-state index contributed by atoms with van der Waals surface area (Å²) >= 11 is 0. The standard InChI is InChI=1S/C24H29N3O2/c1-17-14-18(2)16-20(15-17)29-13-5-12-27-22-7-4-3-6-21(22)26-23(27)10-11-25-24(28)19-8-9-19/h3-4,6-7,14-16,19H,5,8-13H2,1-2H3,(H,25,28). The van der Waals surface area contributed by atoms with Crippen LogP contribution < -0.4 is 10.1 Å². The number of rotatable bonds is 9. The molecule has 5 nitrogen and oxygen atoms in total. The Morgan fingerprint density at radius 1 is 1.17 bits per heavy atom. The van der Waals surface area contributed by atoms with Crippen molar-refractivity contribution >= 4 is 16.9 Å². The molecule has 1 aliphatic carbocycles. The van der Waals surface area contributed by atoms with Crippen LogP contribution >= 0.6 is 0 Å². The van der Waals surface area contributed by atoms with E-state index in [0.717, 1.165) is 54.8 Å². The van der Waals surface area contributed by atoms with Crippen LogP contribution in [-0.2, 0) is 17.8 Å². The van der Waals surface area contributed by atoms with E-state index in [-0.39, 0.29) is 11.8 Å². The van der Waals surface area contributed by atoms with Crippen LogP contribution in [0.25, 0.3) is 11.0 Å². The Bertz CT molecular complexity index is 984. The Morgan fingerprint density at radius 2 is 1.93 bits per heavy atom. The number of imidazole rings is 1. The van der Waals surface area contributed by atoms with E-state index in [2.05, 4.69) is 48.0 Å². The quantitative estimate of drug-likeness (QED) is 0.557. The van der Waals surface area contributed by atoms with E-state index in [0.29, 0.717) is 13.2 Å². The van der Waals surface area contributed by atoms with Crippen LogP contribution in [0.1, 0.15) is 36.2 Å². The number of ether oxygens (including phenoxy) is 1. The van der Waals surface area contributed by atoms with Gasteiger partial charge in [0, 0.05) is 25.4 Å². The Hall–Kier alpha value is -2.82. The second-order valence-electron chi connectivity index (χ2n) is 8.01. The molecule has 0 radical (unpaired) electrons. The summed E-state index contributed by atoms with van der Waals surface area (Å²) < 4.78 is 8.24. The van der Waals surface area contributed by atoms with Gasteiger partial charge in [-0.2, -0.15) is 0 Å². The van der Waals surface area contributed by atoms with Gasteiger partial charge in [-0.1, -0.05) is 18.2 Å². The monoisotopic (exact) mass is 391 g/mol. The highest BCUT2D eigenvalue weighted by Gasteiger charge is 2.29. The molecule has 3 aromatic rings. The smallest absolute Gasteiger partial charge is 0.223 e. The fraction of sp³-hybridized carbons (Fsp3) is 0.417. The first-order valence-electron chi connectivity index (χ1n) is 10.5. The molecule has 29 heavy (non-hydrogen) atoms. The number of aromatic nitrogens is 2. The van der Waals surface area contributed by atoms with Crippen molar-refractivity contribution in [3.63, 3.8) is 0 Å². The number of hydrogen-bond acceptors (Lipinski definition) is 3. The van der Waals surface area contributed by atoms with Crippen molar-refractivity contribution in [1.82, 2.24) is 14.9 Å². The minimum Gasteiger partial charge on any atom is -0.494 e. The number of carbonyl (C=O) groups is 1. The summed E-state index contributed by atoms with van der Waals surface area (Å²) in [6, 6.07) is 14.5. The third-order valence-corrected chi connectivity index (χ3v) is 5.32. The van der Waals surface area contributed by atoms with Crippen LogP contribution in [0.3, 0.4) is 0 Å². The molecule has 0 saturated heterocycles. The van der Waals surface area contributed by atoms with E-state index in [4.69, 9.17) is 9.72 Å². The average molecular weight is 392 g/mol. The highest BCUT2D eigenvalue weighted by molar-refractivity contribution is 5.80. The topological polar surface area (TPSA) is 56.1 Å². The first kappa shape index (κ1) is 19.5. The van der Waals surface area contributed by atoms with E-state index in [9.17, 15) is 4.79 Å². The molecule has 1 aliphatic rings. The van der Waals surface area contributed by atoms with Crippen molar-refractivity contribution in [2.75, 3.05) is 13.2 Å². The molecule has 1 amide bonds. The summed E-state index contributed by atoms with van der Waals surface area (Å²) in [6.07, 6.45) is 3.70. The molecular weight excluding hydrogens is 362 g/mol. The van der Waals surface area contributed by atoms with Crippen LogP contribution in [0.15, 0.2) is 42.5 Å². The van der Waals surface area contributed by atoms with E-state index in [1.165, 1.54) is 11.1 Å². The lowest BCUT2D eigenvalue weighted by molar-refractivity contribution is -0.122. The number of hydrogen-bond donors (Lipinski definition) is 1. The number of carbonyl (C=O) groups excluding carboxylic acids is 1. The van der Waals surface area contributed by atoms with Crippen molar-refractivity contribution in [3.8, 4) is 5.75 Å². The minimum atomic E-state index is 0.189. The molecule has 1 heterocycles. The van der Waals surface area contributed by atoms with Crippen molar-refractivity contribution in [2.45, 2.75) is 46.1 Å². The lowest BCUT2D eigenvalue weighted by Gasteiger charge is -2.12. The number of aryl methyl sites for hydroxylation is 3. The van der Waals surface area contributed by atoms with Gasteiger partial charge in [-0.3, -0.25) is 4.79 Å². The SMILES string of the molecule is Cc1cc(C)cc(OCCCn2c(CCNC(=O)C3CC3)nc3ccccc32)c1. The number of nitrogens with one attached hydrogen (secondary N) is 1. The first-order valence-corrected chi connectivity index (χ1v) is 10.5. The number of benzene rings is 2. The lowest BCUT2D eigenvalue weighted by Crippen LogP contribution is -2.27. The summed E-state index contributed by atoms with van der Waals surface area (Å²) in [5, 5.41) is 3.05. The van der Waals surface area contributed by atoms with Gasteiger partial charge in [-0.25, -0.2) is 4.98 Å². The zero-order valence-electron chi connectivity index (χ0n) is 17.3. The van der Waals surface area contributed by atoms with Gasteiger partial charge >= 0.3 is 0 Å². The third-order valence-electron chi connectivity index (χ3n) is 5.32. The molecule has 152 valence electrons. The fourth-order valence-corrected chi connectivity index (χ4v) is 3.78. The van der Waals surface area contributed by atoms with Gasteiger partial charge in [0.25, 0.3) is 0 Å². The highest BCUT2D eigenvalue weighted by atomic mass is 16.5. The molecule has 2 aromatic carbocycles. The third kappa shape index (κ3) is 4.97. The predicted octanol–water partition coefficient (Wildman–Crippen LogP) is 4.19. The van der Waals surface area contributed by atoms with Crippen LogP contribution in [-0.4, -0.2) is 28.6 Å². The van der Waals surface area contributed by atoms with Crippen molar-refractivity contribution in [1.29, 1.82) is 0 Å². The largest absolute Gasteiger partial charge is 0.494 e. The van der Waals surface area contributed by atoms with Gasteiger partial charge < -0.3 is 14.6 Å². The van der Waals surface area contributed by atoms with Crippen molar-refractivity contribution in [2.24, 2.45) is 5.92 Å². The van der Waals surface area contributed by atoms with Gasteiger partial charge in [-0.15, -0.1) is 0 Å². The first-order chi connectivity index (χ1) is 14.1. The van der Waals surface area contributed by atoms with Gasteiger partial charge in [0.2, 0.25) is 5.91 Å². The summed E-state index contributed by atoms with van der Waals surface area (Å²) in [7, 11) is 0. The molecule has 0 aliphatic heterocycles. The zero-order valence-corrected chi connectivity index (χ0v) is 17.3. The number of para-hydroxylation sites is 2. The number of nitrogens with zero attached hydrogens (tertiary/aromatic N) is 2. The fourth-order valence-electron chi connectivity index (χ4n) is 3.78. The predicted molar refractivity (Wildman–Crippen MR) is 115 cm³/mol. The summed E-state index contributed by atoms with van der Waals surface area (Å²) in [6.45, 7) is 6.32. The summed E-state index contributed by atoms with van der Waals surface area (Å²) in [4.78, 5) is 16.7. The summed E-state index contributed by atoms with van der Waals surface area (Å²) in [5.74, 6) is 2.39. The Kier molecular flexibility index (Phi) is 5.84. The van der Waals surface area contributed by atoms with Crippen LogP contribution in [0.4, 0.5) is 0 Å². The Balaban J connectivity index is 1.37. The van der Waals surface area contributed by atoms with Gasteiger partial charge in [0.05, 0.1) is 17.6 Å². The summed E-state index contributed by atoms with van der Waals surface area (Å²) in [5.41, 5.74) is 4.58. The maximum atomic E-state index is 11.9. The van der Waals surface area contributed by atoms with E-state index < -0.39 is 0 Å². The molecule has 0 spiro atoms. The Morgan fingerprint density at radius 3 is 2.69 bits per heavy atom. The highest BCUT2D eigenvalue weighted by Crippen LogP contribution is 2.28. The molecule has 1 fully saturated rings. The maximum Gasteiger partial charge on any atom is 0.223 e. The number of fused-ring (bicyclic) bond motifs is 1. The van der Waals surface area contributed by atoms with E-state index in [1.54, 1.807) is 0 Å². The lowest BCUT2D eigenvalue weighted by atomic mass is 10.1. The van der Waals surface area contributed by atoms with Crippen LogP contribution in [0.2, 0.25) is 0 Å². The van der Waals surface area contributed by atoms with Gasteiger partial charge in [0.1, 0.15) is 11.6 Å². The second-order valence-corrected chi connectivity index (χ2v) is 8.01. The minimum absolute atomic E-state index is 0.189. The van der Waals surface area contributed by atoms with Crippen LogP contribution in [0, 0.1) is 19.8 Å². The zero-order chi connectivity index (χ0) is 20.2. The van der Waals surface area contributed by atoms with E-state index in [1.807, 2.05) is 18.2 Å². The molecule has 0 atom stereocenters. The normalized spacial score (nSPS) is 13.6. The molecule has 5 heteroatoms. The molecule has 1 aromatic heterocycles. The van der Waals surface area contributed by atoms with Gasteiger partial charge in [0.15, 0.2) is 0 Å². The average Bonchev–Trinajstić information content (AvgIpc) is 3.48. The Labute approximate surface area is 172 Å². The molecule has 0 bridgehead atoms. The number of amides is 1. The maximum absolute atomic E-state index is 11.9. The molecular formula is C24H29N3O2. The van der Waals surface area contributed by atoms with E-state index >= 15 is 0 Å². The molecule has 1 saturated carbocycles. The van der Waals surface area contributed by atoms with Crippen LogP contribution in [0.5, 0.6) is 5.75 Å². The molecule has 1 N–H and O–H groups in total. The van der Waals surface area contributed by atoms with Crippen molar-refractivity contribution < 1.29 is 9.53 Å². The molecule has 4 rings (SSSR count). The van der Waals surface area contributed by atoms with Crippen molar-refractivity contribution in [3.05, 3.63) is 59.4 Å². The molecule has 0 unspecified atom stereocenters. The second kappa shape index (κ2) is 8.68. The van der Waals surface area contributed by atoms with Gasteiger partial charge in [-0.05, 0) is 68.5 Å².